The van der Waals surface area contributed by atoms with E-state index < -0.39 is 5.97 Å². The normalized spacial score (nSPS) is 12.3. The van der Waals surface area contributed by atoms with Gasteiger partial charge in [0.2, 0.25) is 0 Å². The van der Waals surface area contributed by atoms with Gasteiger partial charge in [0.1, 0.15) is 12.0 Å². The highest BCUT2D eigenvalue weighted by Gasteiger charge is 2.29. The number of benzene rings is 1. The Hall–Kier alpha value is -3.22. The molecule has 0 radical (unpaired) electrons. The van der Waals surface area contributed by atoms with Crippen LogP contribution in [0.3, 0.4) is 0 Å². The van der Waals surface area contributed by atoms with Gasteiger partial charge in [-0.2, -0.15) is 4.79 Å². The van der Waals surface area contributed by atoms with Crippen LogP contribution in [0.1, 0.15) is 21.6 Å². The van der Waals surface area contributed by atoms with Gasteiger partial charge in [-0.3, -0.25) is 5.43 Å². The van der Waals surface area contributed by atoms with E-state index >= 15 is 0 Å². The number of nitrogens with zero attached hydrogens (tertiary/aromatic N) is 4. The number of carbonyl (C=O) groups is 1. The summed E-state index contributed by atoms with van der Waals surface area (Å²) in [5, 5.41) is 13.7. The summed E-state index contributed by atoms with van der Waals surface area (Å²) in [6.45, 7) is 0. The van der Waals surface area contributed by atoms with Gasteiger partial charge < -0.3 is 5.11 Å². The van der Waals surface area contributed by atoms with Crippen LogP contribution in [0.15, 0.2) is 42.9 Å². The lowest BCUT2D eigenvalue weighted by molar-refractivity contribution is 0.0688. The molecule has 0 fully saturated rings. The van der Waals surface area contributed by atoms with Gasteiger partial charge in [-0.25, -0.2) is 14.8 Å². The molecule has 2 aromatic heterocycles. The van der Waals surface area contributed by atoms with E-state index in [1.54, 1.807) is 6.20 Å². The van der Waals surface area contributed by atoms with Crippen LogP contribution >= 0.6 is 0 Å². The molecule has 1 aromatic carbocycles. The molecule has 7 heteroatoms. The second-order valence-electron chi connectivity index (χ2n) is 5.27. The third-order valence-electron chi connectivity index (χ3n) is 3.85. The van der Waals surface area contributed by atoms with E-state index in [4.69, 9.17) is 0 Å². The molecule has 7 nitrogen and oxygen atoms in total. The number of aryl methyl sites for hydroxylation is 1. The second kappa shape index (κ2) is 5.20. The van der Waals surface area contributed by atoms with Crippen molar-refractivity contribution >= 4 is 11.7 Å². The fourth-order valence-corrected chi connectivity index (χ4v) is 2.83. The van der Waals surface area contributed by atoms with Crippen LogP contribution in [0.5, 0.6) is 0 Å². The van der Waals surface area contributed by atoms with Gasteiger partial charge in [0.05, 0.1) is 11.4 Å². The molecule has 0 spiro atoms. The first kappa shape index (κ1) is 13.4. The van der Waals surface area contributed by atoms with Crippen LogP contribution in [-0.4, -0.2) is 30.9 Å². The molecule has 0 saturated carbocycles. The molecule has 1 aliphatic carbocycles. The maximum Gasteiger partial charge on any atom is 0.356 e. The summed E-state index contributed by atoms with van der Waals surface area (Å²) in [5.74, 6) is -1.03. The van der Waals surface area contributed by atoms with E-state index in [1.807, 2.05) is 30.3 Å². The predicted octanol–water partition coefficient (Wildman–Crippen LogP) is 2.01. The Bertz CT molecular complexity index is 889. The predicted molar refractivity (Wildman–Crippen MR) is 83.1 cm³/mol. The summed E-state index contributed by atoms with van der Waals surface area (Å²) in [5.41, 5.74) is 7.12. The number of anilines is 1. The number of carboxylic acid groups (broad SMARTS) is 1. The summed E-state index contributed by atoms with van der Waals surface area (Å²) < 4.78 is 0. The number of rotatable bonds is 3. The highest BCUT2D eigenvalue weighted by Crippen LogP contribution is 2.33. The van der Waals surface area contributed by atoms with Crippen LogP contribution in [0, 0.1) is 0 Å². The van der Waals surface area contributed by atoms with Crippen molar-refractivity contribution in [3.05, 3.63) is 59.7 Å². The molecule has 0 bridgehead atoms. The van der Waals surface area contributed by atoms with Crippen LogP contribution in [0.25, 0.3) is 11.4 Å². The Kier molecular flexibility index (Phi) is 3.04. The molecular formula is C16H13N5O2. The molecule has 23 heavy (non-hydrogen) atoms. The average molecular weight is 307 g/mol. The van der Waals surface area contributed by atoms with Gasteiger partial charge >= 0.3 is 5.97 Å². The lowest BCUT2D eigenvalue weighted by Gasteiger charge is -2.17. The Morgan fingerprint density at radius 1 is 1.22 bits per heavy atom. The SMILES string of the molecule is O=C(O)c1nn(Nc2ccccc2)c2c1CCc1cncnc1-2. The first-order chi connectivity index (χ1) is 11.2. The molecule has 2 N–H and O–H groups in total. The van der Waals surface area contributed by atoms with Crippen molar-refractivity contribution in [2.75, 3.05) is 5.43 Å². The van der Waals surface area contributed by atoms with Crippen molar-refractivity contribution in [1.82, 2.24) is 19.9 Å². The number of fused-ring (bicyclic) bond motifs is 3. The van der Waals surface area contributed by atoms with E-state index in [-0.39, 0.29) is 5.69 Å². The summed E-state index contributed by atoms with van der Waals surface area (Å²) in [4.78, 5) is 21.4. The highest BCUT2D eigenvalue weighted by atomic mass is 16.4. The van der Waals surface area contributed by atoms with E-state index in [9.17, 15) is 9.90 Å². The highest BCUT2D eigenvalue weighted by molar-refractivity contribution is 5.90. The molecule has 0 amide bonds. The molecule has 3 aromatic rings. The number of carboxylic acids is 1. The van der Waals surface area contributed by atoms with Gasteiger partial charge in [0.25, 0.3) is 0 Å². The minimum atomic E-state index is -1.03. The fourth-order valence-electron chi connectivity index (χ4n) is 2.83. The Balaban J connectivity index is 1.89. The van der Waals surface area contributed by atoms with Crippen LogP contribution < -0.4 is 5.43 Å². The molecule has 2 heterocycles. The van der Waals surface area contributed by atoms with E-state index in [0.29, 0.717) is 24.1 Å². The van der Waals surface area contributed by atoms with Crippen LogP contribution in [0.2, 0.25) is 0 Å². The molecular weight excluding hydrogens is 294 g/mol. The molecule has 0 atom stereocenters. The standard InChI is InChI=1S/C16H13N5O2/c22-16(23)14-12-7-6-10-8-17-9-18-13(10)15(12)21(20-14)19-11-4-2-1-3-5-11/h1-5,8-9,19H,6-7H2,(H,22,23). The number of aromatic nitrogens is 4. The van der Waals surface area contributed by atoms with Gasteiger partial charge in [-0.05, 0) is 30.5 Å². The zero-order chi connectivity index (χ0) is 15.8. The fraction of sp³-hybridized carbons (Fsp3) is 0.125. The topological polar surface area (TPSA) is 92.9 Å². The molecule has 1 aliphatic rings. The lowest BCUT2D eigenvalue weighted by atomic mass is 9.93. The minimum Gasteiger partial charge on any atom is -0.476 e. The number of aromatic carboxylic acids is 1. The van der Waals surface area contributed by atoms with Crippen molar-refractivity contribution in [3.8, 4) is 11.4 Å². The minimum absolute atomic E-state index is 0.0627. The summed E-state index contributed by atoms with van der Waals surface area (Å²) in [7, 11) is 0. The van der Waals surface area contributed by atoms with Crippen molar-refractivity contribution in [3.63, 3.8) is 0 Å². The maximum atomic E-state index is 11.5. The van der Waals surface area contributed by atoms with E-state index in [2.05, 4.69) is 20.5 Å². The number of nitrogens with one attached hydrogen (secondary N) is 1. The molecule has 0 unspecified atom stereocenters. The number of hydrogen-bond acceptors (Lipinski definition) is 5. The largest absolute Gasteiger partial charge is 0.476 e. The smallest absolute Gasteiger partial charge is 0.356 e. The Labute approximate surface area is 131 Å². The van der Waals surface area contributed by atoms with Crippen molar-refractivity contribution in [2.24, 2.45) is 0 Å². The first-order valence-electron chi connectivity index (χ1n) is 7.20. The van der Waals surface area contributed by atoms with Gasteiger partial charge in [0, 0.05) is 11.8 Å². The zero-order valence-corrected chi connectivity index (χ0v) is 12.1. The number of hydrogen-bond donors (Lipinski definition) is 2. The van der Waals surface area contributed by atoms with Crippen molar-refractivity contribution < 1.29 is 9.90 Å². The zero-order valence-electron chi connectivity index (χ0n) is 12.1. The van der Waals surface area contributed by atoms with Crippen LogP contribution in [-0.2, 0) is 12.8 Å². The first-order valence-corrected chi connectivity index (χ1v) is 7.20. The lowest BCUT2D eigenvalue weighted by Crippen LogP contribution is -2.16. The van der Waals surface area contributed by atoms with Crippen LogP contribution in [0.4, 0.5) is 5.69 Å². The van der Waals surface area contributed by atoms with Gasteiger partial charge in [-0.1, -0.05) is 18.2 Å². The third-order valence-corrected chi connectivity index (χ3v) is 3.85. The summed E-state index contributed by atoms with van der Waals surface area (Å²) in [6.07, 6.45) is 4.55. The van der Waals surface area contributed by atoms with E-state index in [0.717, 1.165) is 16.9 Å². The summed E-state index contributed by atoms with van der Waals surface area (Å²) >= 11 is 0. The Morgan fingerprint density at radius 3 is 2.83 bits per heavy atom. The second-order valence-corrected chi connectivity index (χ2v) is 5.27. The molecule has 114 valence electrons. The van der Waals surface area contributed by atoms with Gasteiger partial charge in [0.15, 0.2) is 5.69 Å². The van der Waals surface area contributed by atoms with Crippen molar-refractivity contribution in [2.45, 2.75) is 12.8 Å². The number of para-hydroxylation sites is 1. The van der Waals surface area contributed by atoms with E-state index in [1.165, 1.54) is 11.1 Å². The average Bonchev–Trinajstić information content (AvgIpc) is 2.95. The maximum absolute atomic E-state index is 11.5. The Morgan fingerprint density at radius 2 is 2.04 bits per heavy atom. The van der Waals surface area contributed by atoms with Gasteiger partial charge in [-0.15, -0.1) is 5.10 Å². The van der Waals surface area contributed by atoms with Crippen molar-refractivity contribution in [1.29, 1.82) is 0 Å². The summed E-state index contributed by atoms with van der Waals surface area (Å²) in [6, 6.07) is 9.48. The quantitative estimate of drug-likeness (QED) is 0.769. The molecule has 4 rings (SSSR count). The third kappa shape index (κ3) is 2.22. The molecule has 0 saturated heterocycles. The molecule has 0 aliphatic heterocycles. The monoisotopic (exact) mass is 307 g/mol.